The molecule has 23 heavy (non-hydrogen) atoms. The van der Waals surface area contributed by atoms with Crippen LogP contribution in [0.1, 0.15) is 20.3 Å². The topological polar surface area (TPSA) is 52.6 Å². The molecule has 0 aliphatic heterocycles. The van der Waals surface area contributed by atoms with Gasteiger partial charge in [0.2, 0.25) is 0 Å². The van der Waals surface area contributed by atoms with Crippen LogP contribution in [-0.4, -0.2) is 43.2 Å². The number of esters is 2. The van der Waals surface area contributed by atoms with Gasteiger partial charge in [-0.15, -0.1) is 0 Å². The molecule has 0 aliphatic rings. The van der Waals surface area contributed by atoms with Crippen LogP contribution in [-0.2, 0) is 19.1 Å². The number of ether oxygens (including phenoxy) is 2. The molecule has 4 nitrogen and oxygen atoms in total. The van der Waals surface area contributed by atoms with E-state index in [4.69, 9.17) is 0 Å². The average Bonchev–Trinajstić information content (AvgIpc) is 2.40. The molecule has 0 atom stereocenters. The van der Waals surface area contributed by atoms with E-state index in [0.29, 0.717) is 0 Å². The Morgan fingerprint density at radius 2 is 1.48 bits per heavy atom. The minimum Gasteiger partial charge on any atom is -0.476 e. The summed E-state index contributed by atoms with van der Waals surface area (Å²) in [6.45, 7) is -0.767. The van der Waals surface area contributed by atoms with Crippen LogP contribution in [0.2, 0.25) is 0 Å². The van der Waals surface area contributed by atoms with Crippen molar-refractivity contribution in [3.63, 3.8) is 0 Å². The second kappa shape index (κ2) is 9.57. The molecule has 0 aromatic rings. The van der Waals surface area contributed by atoms with Crippen molar-refractivity contribution in [3.05, 3.63) is 5.92 Å². The molecule has 0 fully saturated rings. The second-order valence-electron chi connectivity index (χ2n) is 4.15. The van der Waals surface area contributed by atoms with E-state index in [0.717, 1.165) is 0 Å². The first-order valence-corrected chi connectivity index (χ1v) is 5.73. The first-order valence-electron chi connectivity index (χ1n) is 5.73. The van der Waals surface area contributed by atoms with Crippen LogP contribution in [0.4, 0.5) is 30.7 Å². The molecule has 0 aromatic carbocycles. The summed E-state index contributed by atoms with van der Waals surface area (Å²) in [5.41, 5.74) is 0. The Kier molecular flexibility index (Phi) is 10.6. The van der Waals surface area contributed by atoms with Crippen molar-refractivity contribution in [2.75, 3.05) is 13.2 Å². The van der Waals surface area contributed by atoms with E-state index in [1.807, 2.05) is 0 Å². The van der Waals surface area contributed by atoms with Gasteiger partial charge in [0, 0.05) is 0 Å². The Morgan fingerprint density at radius 1 is 1.00 bits per heavy atom. The van der Waals surface area contributed by atoms with E-state index in [1.54, 1.807) is 6.92 Å². The maximum Gasteiger partial charge on any atom is 1.00 e. The number of halogens is 7. The van der Waals surface area contributed by atoms with Gasteiger partial charge in [-0.1, -0.05) is 6.92 Å². The van der Waals surface area contributed by atoms with Gasteiger partial charge in [0.05, 0.1) is 0 Å². The summed E-state index contributed by atoms with van der Waals surface area (Å²) in [5, 5.41) is 0. The second-order valence-corrected chi connectivity index (χ2v) is 4.15. The van der Waals surface area contributed by atoms with Crippen molar-refractivity contribution < 1.29 is 108 Å². The largest absolute Gasteiger partial charge is 1.00 e. The zero-order chi connectivity index (χ0) is 17.8. The third-order valence-corrected chi connectivity index (χ3v) is 2.43. The Bertz CT molecular complexity index is 412. The van der Waals surface area contributed by atoms with Gasteiger partial charge in [-0.05, 0) is 0 Å². The zero-order valence-electron chi connectivity index (χ0n) is 12.4. The van der Waals surface area contributed by atoms with E-state index >= 15 is 0 Å². The van der Waals surface area contributed by atoms with Gasteiger partial charge in [-0.25, -0.2) is 4.79 Å². The van der Waals surface area contributed by atoms with Crippen LogP contribution in [0.25, 0.3) is 0 Å². The molecular formula is C11H12F7O4Rb. The average molecular weight is 427 g/mol. The summed E-state index contributed by atoms with van der Waals surface area (Å²) in [7, 11) is 0. The van der Waals surface area contributed by atoms with Crippen LogP contribution < -0.4 is 58.2 Å². The smallest absolute Gasteiger partial charge is 0.476 e. The number of hydrogen-bond acceptors (Lipinski definition) is 4. The first kappa shape index (κ1) is 25.4. The number of hydrogen-bond donors (Lipinski definition) is 0. The van der Waals surface area contributed by atoms with Crippen LogP contribution >= 0.6 is 0 Å². The first-order chi connectivity index (χ1) is 9.76. The quantitative estimate of drug-likeness (QED) is 0.325. The van der Waals surface area contributed by atoms with Gasteiger partial charge in [-0.3, -0.25) is 10.7 Å². The van der Waals surface area contributed by atoms with Crippen molar-refractivity contribution >= 4 is 11.9 Å². The maximum atomic E-state index is 12.8. The molecule has 0 saturated heterocycles. The van der Waals surface area contributed by atoms with Crippen molar-refractivity contribution in [1.29, 1.82) is 0 Å². The molecular weight excluding hydrogens is 415 g/mol. The number of carbonyl (C=O) groups is 2. The van der Waals surface area contributed by atoms with Crippen molar-refractivity contribution in [1.82, 2.24) is 0 Å². The van der Waals surface area contributed by atoms with Gasteiger partial charge in [-0.2, -0.15) is 44.1 Å². The van der Waals surface area contributed by atoms with Gasteiger partial charge in [0.1, 0.15) is 0 Å². The summed E-state index contributed by atoms with van der Waals surface area (Å²) in [6.07, 6.45) is -6.24. The SMILES string of the molecule is CC[C-](C)C(=O)OCC(=O)OCC(F)(F)C(F)(F)C(F)(F)F.[Rb+]. The van der Waals surface area contributed by atoms with Crippen LogP contribution in [0.3, 0.4) is 0 Å². The normalized spacial score (nSPS) is 12.2. The molecule has 0 spiro atoms. The maximum absolute atomic E-state index is 12.8. The minimum atomic E-state index is -6.51. The molecule has 0 bridgehead atoms. The fourth-order valence-corrected chi connectivity index (χ4v) is 0.903. The van der Waals surface area contributed by atoms with Crippen molar-refractivity contribution in [2.45, 2.75) is 38.3 Å². The molecule has 0 heterocycles. The monoisotopic (exact) mass is 426 g/mol. The summed E-state index contributed by atoms with van der Waals surface area (Å²) in [6, 6.07) is 0. The van der Waals surface area contributed by atoms with Gasteiger partial charge < -0.3 is 9.47 Å². The molecule has 12 heteroatoms. The van der Waals surface area contributed by atoms with Crippen molar-refractivity contribution in [2.24, 2.45) is 0 Å². The fraction of sp³-hybridized carbons (Fsp3) is 0.727. The molecule has 130 valence electrons. The zero-order valence-corrected chi connectivity index (χ0v) is 17.3. The third-order valence-electron chi connectivity index (χ3n) is 2.43. The van der Waals surface area contributed by atoms with Gasteiger partial charge in [0.15, 0.2) is 19.2 Å². The fourth-order valence-electron chi connectivity index (χ4n) is 0.903. The number of rotatable bonds is 7. The molecule has 0 rings (SSSR count). The molecule has 0 aromatic heterocycles. The van der Waals surface area contributed by atoms with Gasteiger partial charge >= 0.3 is 82.2 Å². The third kappa shape index (κ3) is 7.26. The van der Waals surface area contributed by atoms with Crippen molar-refractivity contribution in [3.8, 4) is 0 Å². The summed E-state index contributed by atoms with van der Waals surface area (Å²) in [5.74, 6) is -14.5. The predicted molar refractivity (Wildman–Crippen MR) is 57.1 cm³/mol. The standard InChI is InChI=1S/C11H12F7O4.Rb/c1-3-6(2)8(20)21-4-7(19)22-5-9(12,13)10(14,15)11(16,17)18;/h3-5H2,1-2H3;/q-1;+1. The summed E-state index contributed by atoms with van der Waals surface area (Å²) >= 11 is 0. The molecule has 0 N–H and O–H groups in total. The van der Waals surface area contributed by atoms with E-state index < -0.39 is 43.2 Å². The Morgan fingerprint density at radius 3 is 1.87 bits per heavy atom. The van der Waals surface area contributed by atoms with E-state index in [2.05, 4.69) is 9.47 Å². The Hall–Kier alpha value is 0.125. The Balaban J connectivity index is 0. The summed E-state index contributed by atoms with van der Waals surface area (Å²) in [4.78, 5) is 22.0. The molecule has 0 radical (unpaired) electrons. The minimum absolute atomic E-state index is 0. The predicted octanol–water partition coefficient (Wildman–Crippen LogP) is -0.0859. The van der Waals surface area contributed by atoms with E-state index in [-0.39, 0.29) is 70.5 Å². The van der Waals surface area contributed by atoms with Crippen LogP contribution in [0.5, 0.6) is 0 Å². The Labute approximate surface area is 175 Å². The van der Waals surface area contributed by atoms with E-state index in [1.165, 1.54) is 6.92 Å². The molecule has 0 unspecified atom stereocenters. The van der Waals surface area contributed by atoms with Gasteiger partial charge in [0.25, 0.3) is 0 Å². The summed E-state index contributed by atoms with van der Waals surface area (Å²) < 4.78 is 93.7. The molecule has 0 saturated carbocycles. The number of alkyl halides is 7. The molecule has 0 aliphatic carbocycles. The van der Waals surface area contributed by atoms with E-state index in [9.17, 15) is 40.3 Å². The number of carbonyl (C=O) groups excluding carboxylic acids is 2. The van der Waals surface area contributed by atoms with Crippen LogP contribution in [0, 0.1) is 5.92 Å². The molecule has 0 amide bonds. The van der Waals surface area contributed by atoms with Crippen LogP contribution in [0.15, 0.2) is 0 Å².